The first-order valence-electron chi connectivity index (χ1n) is 11.7. The van der Waals surface area contributed by atoms with Crippen molar-refractivity contribution >= 4 is 23.4 Å². The van der Waals surface area contributed by atoms with Crippen molar-refractivity contribution in [3.63, 3.8) is 0 Å². The molecule has 6 heteroatoms. The van der Waals surface area contributed by atoms with Gasteiger partial charge in [-0.25, -0.2) is 0 Å². The van der Waals surface area contributed by atoms with Gasteiger partial charge in [0.25, 0.3) is 0 Å². The number of piperidine rings is 2. The van der Waals surface area contributed by atoms with Gasteiger partial charge in [0.15, 0.2) is 0 Å². The van der Waals surface area contributed by atoms with Crippen LogP contribution in [0.2, 0.25) is 5.02 Å². The van der Waals surface area contributed by atoms with Crippen LogP contribution in [0.25, 0.3) is 0 Å². The minimum absolute atomic E-state index is 0.0377. The Morgan fingerprint density at radius 3 is 2.32 bits per heavy atom. The summed E-state index contributed by atoms with van der Waals surface area (Å²) >= 11 is 6.06. The van der Waals surface area contributed by atoms with Crippen LogP contribution in [0.1, 0.15) is 64.9 Å². The van der Waals surface area contributed by atoms with Crippen LogP contribution in [0.5, 0.6) is 0 Å². The third kappa shape index (κ3) is 6.23. The molecule has 2 saturated heterocycles. The molecule has 2 aliphatic heterocycles. The second-order valence-electron chi connectivity index (χ2n) is 10.3. The van der Waals surface area contributed by atoms with Crippen molar-refractivity contribution in [2.45, 2.75) is 65.3 Å². The lowest BCUT2D eigenvalue weighted by atomic mass is 9.70. The SMILES string of the molecule is CC(C)[C@@H](NC(=O)CN1CCCCC1)C(=O)N1CCC(c2ccc(Cl)cc2)C(C)(C)C1. The zero-order chi connectivity index (χ0) is 22.6. The summed E-state index contributed by atoms with van der Waals surface area (Å²) in [4.78, 5) is 30.2. The molecule has 1 aromatic rings. The summed E-state index contributed by atoms with van der Waals surface area (Å²) in [5, 5.41) is 3.80. The van der Waals surface area contributed by atoms with Crippen LogP contribution in [0, 0.1) is 11.3 Å². The first kappa shape index (κ1) is 24.1. The number of amides is 2. The van der Waals surface area contributed by atoms with E-state index in [1.165, 1.54) is 12.0 Å². The van der Waals surface area contributed by atoms with Crippen LogP contribution in [0.4, 0.5) is 0 Å². The monoisotopic (exact) mass is 447 g/mol. The van der Waals surface area contributed by atoms with Crippen molar-refractivity contribution in [3.8, 4) is 0 Å². The highest BCUT2D eigenvalue weighted by Crippen LogP contribution is 2.42. The topological polar surface area (TPSA) is 52.7 Å². The van der Waals surface area contributed by atoms with Gasteiger partial charge >= 0.3 is 0 Å². The Morgan fingerprint density at radius 1 is 1.10 bits per heavy atom. The van der Waals surface area contributed by atoms with E-state index in [4.69, 9.17) is 11.6 Å². The van der Waals surface area contributed by atoms with Gasteiger partial charge in [-0.1, -0.05) is 57.8 Å². The second kappa shape index (κ2) is 10.4. The van der Waals surface area contributed by atoms with E-state index < -0.39 is 6.04 Å². The standard InChI is InChI=1S/C25H38ClN3O2/c1-18(2)23(27-22(30)16-28-13-6-5-7-14-28)24(31)29-15-12-21(25(3,4)17-29)19-8-10-20(26)11-9-19/h8-11,18,21,23H,5-7,12-17H2,1-4H3,(H,27,30)/t21?,23-/m1/s1. The maximum atomic E-state index is 13.4. The summed E-state index contributed by atoms with van der Waals surface area (Å²) < 4.78 is 0. The van der Waals surface area contributed by atoms with E-state index in [2.05, 4.69) is 36.2 Å². The molecule has 0 saturated carbocycles. The number of hydrogen-bond acceptors (Lipinski definition) is 3. The summed E-state index contributed by atoms with van der Waals surface area (Å²) in [6, 6.07) is 7.61. The van der Waals surface area contributed by atoms with Crippen LogP contribution in [0.15, 0.2) is 24.3 Å². The second-order valence-corrected chi connectivity index (χ2v) is 10.7. The quantitative estimate of drug-likeness (QED) is 0.706. The lowest BCUT2D eigenvalue weighted by molar-refractivity contribution is -0.141. The molecule has 0 bridgehead atoms. The molecule has 0 spiro atoms. The number of carbonyl (C=O) groups is 2. The Hall–Kier alpha value is -1.59. The molecule has 172 valence electrons. The van der Waals surface area contributed by atoms with Crippen LogP contribution in [0.3, 0.4) is 0 Å². The Morgan fingerprint density at radius 2 is 1.74 bits per heavy atom. The highest BCUT2D eigenvalue weighted by atomic mass is 35.5. The van der Waals surface area contributed by atoms with E-state index in [1.807, 2.05) is 30.9 Å². The smallest absolute Gasteiger partial charge is 0.245 e. The van der Waals surface area contributed by atoms with Gasteiger partial charge in [-0.15, -0.1) is 0 Å². The van der Waals surface area contributed by atoms with E-state index in [9.17, 15) is 9.59 Å². The van der Waals surface area contributed by atoms with Crippen molar-refractivity contribution in [2.75, 3.05) is 32.7 Å². The molecule has 2 amide bonds. The largest absolute Gasteiger partial charge is 0.343 e. The van der Waals surface area contributed by atoms with Gasteiger partial charge in [-0.05, 0) is 67.3 Å². The average Bonchev–Trinajstić information content (AvgIpc) is 2.72. The summed E-state index contributed by atoms with van der Waals surface area (Å²) in [6.07, 6.45) is 4.45. The molecule has 3 rings (SSSR count). The Bertz CT molecular complexity index is 757. The third-order valence-corrected chi connectivity index (χ3v) is 7.13. The first-order valence-corrected chi connectivity index (χ1v) is 12.1. The summed E-state index contributed by atoms with van der Waals surface area (Å²) in [5.74, 6) is 0.434. The average molecular weight is 448 g/mol. The Kier molecular flexibility index (Phi) is 8.03. The summed E-state index contributed by atoms with van der Waals surface area (Å²) in [5.41, 5.74) is 1.22. The van der Waals surface area contributed by atoms with Gasteiger partial charge in [0.2, 0.25) is 11.8 Å². The molecular weight excluding hydrogens is 410 g/mol. The number of rotatable bonds is 6. The molecular formula is C25H38ClN3O2. The zero-order valence-electron chi connectivity index (χ0n) is 19.5. The summed E-state index contributed by atoms with van der Waals surface area (Å²) in [7, 11) is 0. The number of nitrogens with zero attached hydrogens (tertiary/aromatic N) is 2. The predicted molar refractivity (Wildman–Crippen MR) is 126 cm³/mol. The zero-order valence-corrected chi connectivity index (χ0v) is 20.3. The molecule has 0 aromatic heterocycles. The van der Waals surface area contributed by atoms with Crippen molar-refractivity contribution in [1.29, 1.82) is 0 Å². The Labute approximate surface area is 192 Å². The fourth-order valence-electron chi connectivity index (χ4n) is 5.11. The fraction of sp³-hybridized carbons (Fsp3) is 0.680. The van der Waals surface area contributed by atoms with Gasteiger partial charge in [0.1, 0.15) is 6.04 Å². The predicted octanol–water partition coefficient (Wildman–Crippen LogP) is 4.31. The lowest BCUT2D eigenvalue weighted by Gasteiger charge is -2.45. The van der Waals surface area contributed by atoms with Gasteiger partial charge in [0.05, 0.1) is 6.54 Å². The van der Waals surface area contributed by atoms with Gasteiger partial charge in [-0.3, -0.25) is 14.5 Å². The van der Waals surface area contributed by atoms with Crippen LogP contribution in [-0.4, -0.2) is 60.4 Å². The molecule has 1 aromatic carbocycles. The van der Waals surface area contributed by atoms with Gasteiger partial charge in [-0.2, -0.15) is 0 Å². The molecule has 1 N–H and O–H groups in total. The molecule has 0 aliphatic carbocycles. The molecule has 2 aliphatic rings. The number of hydrogen-bond donors (Lipinski definition) is 1. The molecule has 2 heterocycles. The van der Waals surface area contributed by atoms with Crippen molar-refractivity contribution in [1.82, 2.24) is 15.1 Å². The molecule has 2 fully saturated rings. The highest BCUT2D eigenvalue weighted by molar-refractivity contribution is 6.30. The number of likely N-dealkylation sites (tertiary alicyclic amines) is 2. The molecule has 31 heavy (non-hydrogen) atoms. The van der Waals surface area contributed by atoms with Gasteiger partial charge in [0, 0.05) is 18.1 Å². The Balaban J connectivity index is 1.62. The third-order valence-electron chi connectivity index (χ3n) is 6.88. The van der Waals surface area contributed by atoms with Crippen LogP contribution in [-0.2, 0) is 9.59 Å². The maximum Gasteiger partial charge on any atom is 0.245 e. The van der Waals surface area contributed by atoms with Crippen molar-refractivity contribution in [3.05, 3.63) is 34.9 Å². The van der Waals surface area contributed by atoms with Crippen molar-refractivity contribution < 1.29 is 9.59 Å². The van der Waals surface area contributed by atoms with E-state index in [-0.39, 0.29) is 23.1 Å². The fourth-order valence-corrected chi connectivity index (χ4v) is 5.23. The maximum absolute atomic E-state index is 13.4. The molecule has 0 radical (unpaired) electrons. The summed E-state index contributed by atoms with van der Waals surface area (Å²) in [6.45, 7) is 12.2. The van der Waals surface area contributed by atoms with E-state index >= 15 is 0 Å². The van der Waals surface area contributed by atoms with Crippen molar-refractivity contribution in [2.24, 2.45) is 11.3 Å². The van der Waals surface area contributed by atoms with Crippen LogP contribution < -0.4 is 5.32 Å². The number of halogens is 1. The minimum Gasteiger partial charge on any atom is -0.343 e. The highest BCUT2D eigenvalue weighted by Gasteiger charge is 2.40. The molecule has 2 atom stereocenters. The van der Waals surface area contributed by atoms with Crippen LogP contribution >= 0.6 is 11.6 Å². The van der Waals surface area contributed by atoms with E-state index in [1.54, 1.807) is 0 Å². The minimum atomic E-state index is -0.472. The number of carbonyl (C=O) groups excluding carboxylic acids is 2. The van der Waals surface area contributed by atoms with E-state index in [0.717, 1.165) is 37.4 Å². The molecule has 5 nitrogen and oxygen atoms in total. The lowest BCUT2D eigenvalue weighted by Crippen LogP contribution is -2.57. The molecule has 1 unspecified atom stereocenters. The normalized spacial score (nSPS) is 22.9. The van der Waals surface area contributed by atoms with E-state index in [0.29, 0.717) is 25.6 Å². The van der Waals surface area contributed by atoms with Gasteiger partial charge < -0.3 is 10.2 Å². The number of benzene rings is 1. The number of nitrogens with one attached hydrogen (secondary N) is 1. The first-order chi connectivity index (χ1) is 14.7.